The van der Waals surface area contributed by atoms with Gasteiger partial charge in [0.05, 0.1) is 0 Å². The molecule has 0 heterocycles. The molecule has 3 heteroatoms. The molecule has 0 aliphatic heterocycles. The Bertz CT molecular complexity index is 527. The van der Waals surface area contributed by atoms with Crippen molar-refractivity contribution >= 4 is 28.6 Å². The molecular formula is C15H13ClOS. The number of halogens is 1. The summed E-state index contributed by atoms with van der Waals surface area (Å²) in [5.74, 6) is 0. The Hall–Kier alpha value is -1.25. The molecule has 1 nitrogen and oxygen atoms in total. The lowest BCUT2D eigenvalue weighted by Crippen LogP contribution is -2.24. The number of carbonyl (C=O) groups excluding carboxylic acids is 1. The molecule has 2 aromatic rings. The van der Waals surface area contributed by atoms with Gasteiger partial charge in [0.2, 0.25) is 5.24 Å². The molecule has 0 unspecified atom stereocenters. The predicted molar refractivity (Wildman–Crippen MR) is 77.0 cm³/mol. The van der Waals surface area contributed by atoms with Crippen LogP contribution in [0, 0.1) is 0 Å². The van der Waals surface area contributed by atoms with Crippen molar-refractivity contribution in [1.29, 1.82) is 0 Å². The Morgan fingerprint density at radius 1 is 1.00 bits per heavy atom. The molecule has 2 aromatic carbocycles. The van der Waals surface area contributed by atoms with Crippen molar-refractivity contribution in [3.05, 3.63) is 66.2 Å². The fourth-order valence-electron chi connectivity index (χ4n) is 1.69. The fraction of sp³-hybridized carbons (Fsp3) is 0.133. The maximum atomic E-state index is 11.8. The lowest BCUT2D eigenvalue weighted by molar-refractivity contribution is -0.113. The van der Waals surface area contributed by atoms with Crippen LogP contribution >= 0.6 is 23.4 Å². The number of thioether (sulfide) groups is 1. The Labute approximate surface area is 116 Å². The third-order valence-corrected chi connectivity index (χ3v) is 4.59. The summed E-state index contributed by atoms with van der Waals surface area (Å²) in [4.78, 5) is 12.8. The summed E-state index contributed by atoms with van der Waals surface area (Å²) in [6.07, 6.45) is 0. The maximum Gasteiger partial charge on any atom is 0.242 e. The van der Waals surface area contributed by atoms with Crippen LogP contribution in [0.1, 0.15) is 12.5 Å². The van der Waals surface area contributed by atoms with Gasteiger partial charge in [-0.25, -0.2) is 0 Å². The number of carbonyl (C=O) groups is 1. The smallest absolute Gasteiger partial charge is 0.242 e. The summed E-state index contributed by atoms with van der Waals surface area (Å²) in [7, 11) is 0. The number of hydrogen-bond acceptors (Lipinski definition) is 2. The van der Waals surface area contributed by atoms with Crippen LogP contribution in [0.25, 0.3) is 0 Å². The average Bonchev–Trinajstić information content (AvgIpc) is 2.40. The third kappa shape index (κ3) is 2.77. The first-order valence-corrected chi connectivity index (χ1v) is 6.82. The van der Waals surface area contributed by atoms with Crippen LogP contribution in [-0.2, 0) is 9.54 Å². The van der Waals surface area contributed by atoms with Crippen LogP contribution in [0.2, 0.25) is 0 Å². The van der Waals surface area contributed by atoms with Gasteiger partial charge in [0.1, 0.15) is 4.75 Å². The second-order valence-corrected chi connectivity index (χ2v) is 5.92. The van der Waals surface area contributed by atoms with E-state index in [-0.39, 0.29) is 5.24 Å². The van der Waals surface area contributed by atoms with Gasteiger partial charge in [-0.2, -0.15) is 0 Å². The summed E-state index contributed by atoms with van der Waals surface area (Å²) in [5, 5.41) is -0.359. The first-order chi connectivity index (χ1) is 8.63. The molecule has 92 valence electrons. The van der Waals surface area contributed by atoms with E-state index in [1.807, 2.05) is 67.6 Å². The zero-order valence-electron chi connectivity index (χ0n) is 9.97. The monoisotopic (exact) mass is 276 g/mol. The minimum Gasteiger partial charge on any atom is -0.279 e. The van der Waals surface area contributed by atoms with E-state index < -0.39 is 4.75 Å². The SMILES string of the molecule is C[C@](Sc1ccccc1)(C(=O)Cl)c1ccccc1. The van der Waals surface area contributed by atoms with E-state index in [1.165, 1.54) is 11.8 Å². The van der Waals surface area contributed by atoms with Gasteiger partial charge >= 0.3 is 0 Å². The van der Waals surface area contributed by atoms with Crippen LogP contribution < -0.4 is 0 Å². The highest BCUT2D eigenvalue weighted by molar-refractivity contribution is 8.01. The van der Waals surface area contributed by atoms with Crippen molar-refractivity contribution < 1.29 is 4.79 Å². The molecular weight excluding hydrogens is 264 g/mol. The van der Waals surface area contributed by atoms with Crippen LogP contribution in [0.3, 0.4) is 0 Å². The highest BCUT2D eigenvalue weighted by atomic mass is 35.5. The summed E-state index contributed by atoms with van der Waals surface area (Å²) >= 11 is 7.28. The van der Waals surface area contributed by atoms with Crippen LogP contribution in [0.5, 0.6) is 0 Å². The lowest BCUT2D eigenvalue weighted by Gasteiger charge is -2.25. The highest BCUT2D eigenvalue weighted by Gasteiger charge is 2.35. The molecule has 0 N–H and O–H groups in total. The van der Waals surface area contributed by atoms with Crippen molar-refractivity contribution in [3.63, 3.8) is 0 Å². The zero-order valence-corrected chi connectivity index (χ0v) is 11.5. The topological polar surface area (TPSA) is 17.1 Å². The molecule has 0 aromatic heterocycles. The van der Waals surface area contributed by atoms with Gasteiger partial charge < -0.3 is 0 Å². The highest BCUT2D eigenvalue weighted by Crippen LogP contribution is 2.42. The van der Waals surface area contributed by atoms with Gasteiger partial charge in [0.25, 0.3) is 0 Å². The maximum absolute atomic E-state index is 11.8. The van der Waals surface area contributed by atoms with E-state index >= 15 is 0 Å². The predicted octanol–water partition coefficient (Wildman–Crippen LogP) is 4.46. The molecule has 0 saturated carbocycles. The first kappa shape index (κ1) is 13.2. The van der Waals surface area contributed by atoms with Crippen molar-refractivity contribution in [1.82, 2.24) is 0 Å². The van der Waals surface area contributed by atoms with Crippen molar-refractivity contribution in [2.24, 2.45) is 0 Å². The number of benzene rings is 2. The summed E-state index contributed by atoms with van der Waals surface area (Å²) < 4.78 is -0.760. The summed E-state index contributed by atoms with van der Waals surface area (Å²) in [6.45, 7) is 1.86. The Morgan fingerprint density at radius 3 is 2.00 bits per heavy atom. The average molecular weight is 277 g/mol. The zero-order chi connectivity index (χ0) is 13.0. The van der Waals surface area contributed by atoms with Gasteiger partial charge in [-0.15, -0.1) is 11.8 Å². The summed E-state index contributed by atoms with van der Waals surface area (Å²) in [6, 6.07) is 19.4. The Balaban J connectivity index is 2.37. The van der Waals surface area contributed by atoms with Gasteiger partial charge in [0, 0.05) is 4.90 Å². The van der Waals surface area contributed by atoms with Gasteiger partial charge in [-0.1, -0.05) is 48.5 Å². The minimum absolute atomic E-state index is 0.359. The number of rotatable bonds is 4. The molecule has 0 fully saturated rings. The van der Waals surface area contributed by atoms with Crippen molar-refractivity contribution in [2.75, 3.05) is 0 Å². The molecule has 0 amide bonds. The molecule has 0 saturated heterocycles. The normalized spacial score (nSPS) is 13.9. The Morgan fingerprint density at radius 2 is 1.50 bits per heavy atom. The molecule has 0 spiro atoms. The molecule has 18 heavy (non-hydrogen) atoms. The van der Waals surface area contributed by atoms with E-state index in [9.17, 15) is 4.79 Å². The van der Waals surface area contributed by atoms with Crippen molar-refractivity contribution in [3.8, 4) is 0 Å². The van der Waals surface area contributed by atoms with Crippen LogP contribution in [-0.4, -0.2) is 5.24 Å². The molecule has 0 aliphatic rings. The molecule has 2 rings (SSSR count). The standard InChI is InChI=1S/C15H13ClOS/c1-15(14(16)17,12-8-4-2-5-9-12)18-13-10-6-3-7-11-13/h2-11H,1H3/t15-/m1/s1. The quantitative estimate of drug-likeness (QED) is 0.606. The van der Waals surface area contributed by atoms with Gasteiger partial charge in [-0.3, -0.25) is 4.79 Å². The molecule has 0 aliphatic carbocycles. The molecule has 0 bridgehead atoms. The van der Waals surface area contributed by atoms with Crippen LogP contribution in [0.4, 0.5) is 0 Å². The second kappa shape index (κ2) is 5.59. The van der Waals surface area contributed by atoms with Gasteiger partial charge in [-0.05, 0) is 36.2 Å². The fourth-order valence-corrected chi connectivity index (χ4v) is 3.02. The van der Waals surface area contributed by atoms with E-state index in [1.54, 1.807) is 0 Å². The van der Waals surface area contributed by atoms with E-state index in [2.05, 4.69) is 0 Å². The minimum atomic E-state index is -0.760. The summed E-state index contributed by atoms with van der Waals surface area (Å²) in [5.41, 5.74) is 0.916. The van der Waals surface area contributed by atoms with E-state index in [4.69, 9.17) is 11.6 Å². The number of hydrogen-bond donors (Lipinski definition) is 0. The van der Waals surface area contributed by atoms with Gasteiger partial charge in [0.15, 0.2) is 0 Å². The largest absolute Gasteiger partial charge is 0.279 e. The Kier molecular flexibility index (Phi) is 4.10. The lowest BCUT2D eigenvalue weighted by atomic mass is 10.0. The van der Waals surface area contributed by atoms with Crippen LogP contribution in [0.15, 0.2) is 65.6 Å². The third-order valence-electron chi connectivity index (χ3n) is 2.76. The second-order valence-electron chi connectivity index (χ2n) is 4.09. The molecule has 1 atom stereocenters. The van der Waals surface area contributed by atoms with Crippen molar-refractivity contribution in [2.45, 2.75) is 16.6 Å². The van der Waals surface area contributed by atoms with E-state index in [0.29, 0.717) is 0 Å². The first-order valence-electron chi connectivity index (χ1n) is 5.62. The van der Waals surface area contributed by atoms with E-state index in [0.717, 1.165) is 10.5 Å². The molecule has 0 radical (unpaired) electrons.